The number of aromatic nitrogens is 6. The van der Waals surface area contributed by atoms with Crippen LogP contribution in [0.4, 0.5) is 5.82 Å². The van der Waals surface area contributed by atoms with E-state index in [2.05, 4.69) is 21.5 Å². The average molecular weight is 582 g/mol. The summed E-state index contributed by atoms with van der Waals surface area (Å²) < 4.78 is 3.44. The summed E-state index contributed by atoms with van der Waals surface area (Å²) in [6.07, 6.45) is 6.88. The number of nitrogens with two attached hydrogens (primary N) is 1. The van der Waals surface area contributed by atoms with Gasteiger partial charge >= 0.3 is 0 Å². The zero-order valence-electron chi connectivity index (χ0n) is 23.0. The Balaban J connectivity index is 1.33. The third-order valence-electron chi connectivity index (χ3n) is 7.73. The van der Waals surface area contributed by atoms with Gasteiger partial charge in [-0.1, -0.05) is 6.07 Å². The molecule has 0 saturated heterocycles. The number of aldehydes is 1. The molecule has 0 bridgehead atoms. The molecule has 12 heteroatoms. The Kier molecular flexibility index (Phi) is 6.33. The van der Waals surface area contributed by atoms with Crippen LogP contribution >= 0.6 is 0 Å². The van der Waals surface area contributed by atoms with Crippen LogP contribution in [0.25, 0.3) is 34.1 Å². The van der Waals surface area contributed by atoms with Crippen LogP contribution in [0, 0.1) is 11.3 Å². The van der Waals surface area contributed by atoms with E-state index in [1.165, 1.54) is 18.2 Å². The van der Waals surface area contributed by atoms with Crippen LogP contribution in [0.3, 0.4) is 0 Å². The molecule has 0 spiro atoms. The number of aryl methyl sites for hydroxylation is 1. The molecule has 44 heavy (non-hydrogen) atoms. The standard InChI is InChI=1S/C32H23N9O3/c33-16-20-15-27(40-12-2-11-36-40)38-31-28(20)39-30(24-3-1-10-35-29(24)34)41(31)22-6-7-23-18(14-22)4-8-25(23)37-32(44)19-5-9-26(43)21(13-19)17-42/h1-3,5-7,9-15,17,25,43H,4,8H2,(H2,34,35)(H,37,44). The fraction of sp³-hybridized carbons (Fsp3) is 0.0938. The van der Waals surface area contributed by atoms with E-state index in [0.717, 1.165) is 16.8 Å². The number of anilines is 1. The van der Waals surface area contributed by atoms with Crippen LogP contribution in [-0.2, 0) is 6.42 Å². The summed E-state index contributed by atoms with van der Waals surface area (Å²) >= 11 is 0. The number of fused-ring (bicyclic) bond motifs is 2. The Labute approximate surface area is 250 Å². The van der Waals surface area contributed by atoms with E-state index in [0.29, 0.717) is 53.1 Å². The zero-order chi connectivity index (χ0) is 30.4. The maximum atomic E-state index is 13.0. The molecule has 4 heterocycles. The van der Waals surface area contributed by atoms with Gasteiger partial charge in [0.2, 0.25) is 0 Å². The van der Waals surface area contributed by atoms with Crippen molar-refractivity contribution in [3.05, 3.63) is 107 Å². The van der Waals surface area contributed by atoms with Gasteiger partial charge in [-0.15, -0.1) is 0 Å². The number of amides is 1. The summed E-state index contributed by atoms with van der Waals surface area (Å²) in [5, 5.41) is 27.2. The molecule has 12 nitrogen and oxygen atoms in total. The van der Waals surface area contributed by atoms with Crippen LogP contribution in [-0.4, -0.2) is 46.6 Å². The summed E-state index contributed by atoms with van der Waals surface area (Å²) in [4.78, 5) is 38.2. The van der Waals surface area contributed by atoms with Crippen molar-refractivity contribution in [2.75, 3.05) is 5.73 Å². The lowest BCUT2D eigenvalue weighted by atomic mass is 10.1. The summed E-state index contributed by atoms with van der Waals surface area (Å²) in [6.45, 7) is 0. The zero-order valence-corrected chi connectivity index (χ0v) is 23.0. The summed E-state index contributed by atoms with van der Waals surface area (Å²) in [5.41, 5.74) is 11.2. The Morgan fingerprint density at radius 1 is 1.11 bits per heavy atom. The molecule has 1 unspecified atom stereocenters. The molecule has 4 aromatic heterocycles. The minimum absolute atomic E-state index is 0.0515. The maximum Gasteiger partial charge on any atom is 0.251 e. The second-order valence-corrected chi connectivity index (χ2v) is 10.3. The molecule has 0 fully saturated rings. The smallest absolute Gasteiger partial charge is 0.251 e. The van der Waals surface area contributed by atoms with Crippen molar-refractivity contribution in [3.8, 4) is 34.7 Å². The van der Waals surface area contributed by atoms with Crippen molar-refractivity contribution in [1.82, 2.24) is 34.6 Å². The minimum Gasteiger partial charge on any atom is -0.507 e. The number of nitrogens with one attached hydrogen (secondary N) is 1. The molecular weight excluding hydrogens is 558 g/mol. The molecule has 2 aromatic carbocycles. The molecule has 0 saturated carbocycles. The number of pyridine rings is 2. The molecule has 1 amide bonds. The lowest BCUT2D eigenvalue weighted by molar-refractivity contribution is 0.0936. The van der Waals surface area contributed by atoms with Gasteiger partial charge in [-0.05, 0) is 72.5 Å². The number of hydrogen-bond donors (Lipinski definition) is 3. The Morgan fingerprint density at radius 3 is 2.77 bits per heavy atom. The average Bonchev–Trinajstić information content (AvgIpc) is 3.80. The largest absolute Gasteiger partial charge is 0.507 e. The number of nitriles is 1. The van der Waals surface area contributed by atoms with Crippen LogP contribution in [0.1, 0.15) is 49.9 Å². The number of carbonyl (C=O) groups is 2. The van der Waals surface area contributed by atoms with E-state index in [-0.39, 0.29) is 34.6 Å². The molecular formula is C32H23N9O3. The van der Waals surface area contributed by atoms with Gasteiger partial charge < -0.3 is 16.2 Å². The monoisotopic (exact) mass is 581 g/mol. The second-order valence-electron chi connectivity index (χ2n) is 10.3. The summed E-state index contributed by atoms with van der Waals surface area (Å²) in [7, 11) is 0. The van der Waals surface area contributed by atoms with Crippen LogP contribution in [0.2, 0.25) is 0 Å². The van der Waals surface area contributed by atoms with Crippen molar-refractivity contribution in [2.24, 2.45) is 0 Å². The van der Waals surface area contributed by atoms with Crippen LogP contribution in [0.5, 0.6) is 5.75 Å². The highest BCUT2D eigenvalue weighted by molar-refractivity contribution is 5.97. The number of carbonyl (C=O) groups excluding carboxylic acids is 2. The van der Waals surface area contributed by atoms with Gasteiger partial charge in [-0.3, -0.25) is 14.2 Å². The minimum atomic E-state index is -0.343. The first-order valence-electron chi connectivity index (χ1n) is 13.7. The van der Waals surface area contributed by atoms with Crippen molar-refractivity contribution in [2.45, 2.75) is 18.9 Å². The van der Waals surface area contributed by atoms with Gasteiger partial charge in [0, 0.05) is 35.9 Å². The van der Waals surface area contributed by atoms with Gasteiger partial charge in [0.25, 0.3) is 5.91 Å². The molecule has 214 valence electrons. The number of benzene rings is 2. The van der Waals surface area contributed by atoms with E-state index in [4.69, 9.17) is 15.7 Å². The number of nitrogens with zero attached hydrogens (tertiary/aromatic N) is 7. The fourth-order valence-electron chi connectivity index (χ4n) is 5.60. The molecule has 7 rings (SSSR count). The van der Waals surface area contributed by atoms with E-state index < -0.39 is 0 Å². The number of imidazole rings is 1. The first-order chi connectivity index (χ1) is 21.4. The van der Waals surface area contributed by atoms with Crippen molar-refractivity contribution < 1.29 is 14.7 Å². The first kappa shape index (κ1) is 26.5. The molecule has 4 N–H and O–H groups in total. The maximum absolute atomic E-state index is 13.0. The highest BCUT2D eigenvalue weighted by atomic mass is 16.3. The van der Waals surface area contributed by atoms with Gasteiger partial charge in [0.05, 0.1) is 22.7 Å². The molecule has 1 atom stereocenters. The summed E-state index contributed by atoms with van der Waals surface area (Å²) in [6, 6.07) is 19.1. The molecule has 1 aliphatic rings. The fourth-order valence-corrected chi connectivity index (χ4v) is 5.60. The quantitative estimate of drug-likeness (QED) is 0.245. The predicted molar refractivity (Wildman–Crippen MR) is 160 cm³/mol. The highest BCUT2D eigenvalue weighted by Crippen LogP contribution is 2.36. The third-order valence-corrected chi connectivity index (χ3v) is 7.73. The SMILES string of the molecule is N#Cc1cc(-n2cccn2)nc2c1nc(-c1cccnc1N)n2-c1ccc2c(c1)CCC2NC(=O)c1ccc(O)c(C=O)c1. The van der Waals surface area contributed by atoms with Gasteiger partial charge in [0.1, 0.15) is 23.2 Å². The predicted octanol–water partition coefficient (Wildman–Crippen LogP) is 4.06. The number of nitrogen functional groups attached to an aromatic ring is 1. The van der Waals surface area contributed by atoms with E-state index in [1.807, 2.05) is 28.8 Å². The Morgan fingerprint density at radius 2 is 2.00 bits per heavy atom. The molecule has 0 aliphatic heterocycles. The third kappa shape index (κ3) is 4.40. The van der Waals surface area contributed by atoms with Gasteiger partial charge in [-0.25, -0.2) is 19.6 Å². The normalized spacial score (nSPS) is 13.8. The number of aromatic hydroxyl groups is 1. The summed E-state index contributed by atoms with van der Waals surface area (Å²) in [5.74, 6) is 0.702. The van der Waals surface area contributed by atoms with E-state index >= 15 is 0 Å². The second kappa shape index (κ2) is 10.5. The van der Waals surface area contributed by atoms with E-state index in [9.17, 15) is 20.0 Å². The van der Waals surface area contributed by atoms with Gasteiger partial charge in [0.15, 0.2) is 23.6 Å². The molecule has 6 aromatic rings. The number of hydrogen-bond acceptors (Lipinski definition) is 9. The van der Waals surface area contributed by atoms with Crippen molar-refractivity contribution in [3.63, 3.8) is 0 Å². The van der Waals surface area contributed by atoms with Crippen molar-refractivity contribution >= 4 is 29.2 Å². The number of phenolic OH excluding ortho intramolecular Hbond substituents is 1. The molecule has 1 aliphatic carbocycles. The van der Waals surface area contributed by atoms with Crippen LogP contribution < -0.4 is 11.1 Å². The first-order valence-corrected chi connectivity index (χ1v) is 13.7. The number of rotatable bonds is 6. The lowest BCUT2D eigenvalue weighted by Crippen LogP contribution is -2.27. The van der Waals surface area contributed by atoms with Gasteiger partial charge in [-0.2, -0.15) is 10.4 Å². The Hall–Kier alpha value is -6.35. The van der Waals surface area contributed by atoms with Crippen LogP contribution in [0.15, 0.2) is 79.3 Å². The lowest BCUT2D eigenvalue weighted by Gasteiger charge is -2.16. The Bertz CT molecular complexity index is 2150. The van der Waals surface area contributed by atoms with E-state index in [1.54, 1.807) is 41.5 Å². The highest BCUT2D eigenvalue weighted by Gasteiger charge is 2.27. The topological polar surface area (TPSA) is 178 Å². The molecule has 0 radical (unpaired) electrons. The van der Waals surface area contributed by atoms with Crippen molar-refractivity contribution in [1.29, 1.82) is 5.26 Å². The number of phenols is 1.